The molecule has 0 bridgehead atoms. The number of nitrogens with zero attached hydrogens (tertiary/aromatic N) is 3. The number of hydrogen-bond acceptors (Lipinski definition) is 6. The second kappa shape index (κ2) is 7.17. The summed E-state index contributed by atoms with van der Waals surface area (Å²) in [6.07, 6.45) is 2.22. The van der Waals surface area contributed by atoms with Crippen LogP contribution in [-0.2, 0) is 9.84 Å². The van der Waals surface area contributed by atoms with E-state index in [1.165, 1.54) is 6.20 Å². The summed E-state index contributed by atoms with van der Waals surface area (Å²) in [7, 11) is -1.89. The van der Waals surface area contributed by atoms with E-state index in [9.17, 15) is 8.42 Å². The van der Waals surface area contributed by atoms with Crippen LogP contribution < -0.4 is 10.6 Å². The van der Waals surface area contributed by atoms with Crippen molar-refractivity contribution >= 4 is 21.6 Å². The van der Waals surface area contributed by atoms with Crippen molar-refractivity contribution in [2.24, 2.45) is 0 Å². The lowest BCUT2D eigenvalue weighted by molar-refractivity contribution is 0.595. The number of sulfone groups is 1. The zero-order valence-corrected chi connectivity index (χ0v) is 15.3. The van der Waals surface area contributed by atoms with Gasteiger partial charge in [-0.1, -0.05) is 32.9 Å². The first-order chi connectivity index (χ1) is 11.3. The molecule has 2 rings (SSSR count). The van der Waals surface area contributed by atoms with E-state index in [1.54, 1.807) is 12.1 Å². The SMILES string of the molecule is CCCN(C)c1ncc(S(=O)(=O)c2ccc(C(C)C)cc2)c(N)n1. The van der Waals surface area contributed by atoms with Crippen LogP contribution >= 0.6 is 0 Å². The predicted molar refractivity (Wildman–Crippen MR) is 96.0 cm³/mol. The first kappa shape index (κ1) is 18.2. The second-order valence-corrected chi connectivity index (χ2v) is 7.99. The lowest BCUT2D eigenvalue weighted by Crippen LogP contribution is -2.21. The molecule has 7 heteroatoms. The summed E-state index contributed by atoms with van der Waals surface area (Å²) in [6.45, 7) is 6.92. The van der Waals surface area contributed by atoms with Crippen LogP contribution in [0.15, 0.2) is 40.3 Å². The summed E-state index contributed by atoms with van der Waals surface area (Å²) in [5.41, 5.74) is 6.98. The van der Waals surface area contributed by atoms with Crippen molar-refractivity contribution in [1.82, 2.24) is 9.97 Å². The van der Waals surface area contributed by atoms with E-state index in [0.717, 1.165) is 18.5 Å². The summed E-state index contributed by atoms with van der Waals surface area (Å²) in [5.74, 6) is 0.725. The largest absolute Gasteiger partial charge is 0.382 e. The molecule has 0 aliphatic rings. The van der Waals surface area contributed by atoms with E-state index in [-0.39, 0.29) is 15.6 Å². The van der Waals surface area contributed by atoms with Gasteiger partial charge in [0.1, 0.15) is 10.7 Å². The fraction of sp³-hybridized carbons (Fsp3) is 0.412. The van der Waals surface area contributed by atoms with Gasteiger partial charge in [-0.05, 0) is 30.0 Å². The van der Waals surface area contributed by atoms with Crippen LogP contribution in [0.25, 0.3) is 0 Å². The standard InChI is InChI=1S/C17H24N4O2S/c1-5-10-21(4)17-19-11-15(16(18)20-17)24(22,23)14-8-6-13(7-9-14)12(2)3/h6-9,11-12H,5,10H2,1-4H3,(H2,18,19,20). The van der Waals surface area contributed by atoms with Crippen molar-refractivity contribution in [3.8, 4) is 0 Å². The van der Waals surface area contributed by atoms with Gasteiger partial charge in [-0.2, -0.15) is 4.98 Å². The highest BCUT2D eigenvalue weighted by atomic mass is 32.2. The highest BCUT2D eigenvalue weighted by molar-refractivity contribution is 7.91. The van der Waals surface area contributed by atoms with Gasteiger partial charge >= 0.3 is 0 Å². The third kappa shape index (κ3) is 3.67. The Morgan fingerprint density at radius 2 is 1.83 bits per heavy atom. The molecule has 2 N–H and O–H groups in total. The number of rotatable bonds is 6. The Balaban J connectivity index is 2.39. The zero-order chi connectivity index (χ0) is 17.9. The van der Waals surface area contributed by atoms with Crippen molar-refractivity contribution in [3.63, 3.8) is 0 Å². The summed E-state index contributed by atoms with van der Waals surface area (Å²) < 4.78 is 25.5. The van der Waals surface area contributed by atoms with E-state index >= 15 is 0 Å². The van der Waals surface area contributed by atoms with Gasteiger partial charge in [0.25, 0.3) is 0 Å². The van der Waals surface area contributed by atoms with Gasteiger partial charge in [-0.3, -0.25) is 0 Å². The fourth-order valence-electron chi connectivity index (χ4n) is 2.36. The highest BCUT2D eigenvalue weighted by Gasteiger charge is 2.23. The number of benzene rings is 1. The third-order valence-corrected chi connectivity index (χ3v) is 5.60. The molecule has 1 heterocycles. The van der Waals surface area contributed by atoms with E-state index in [4.69, 9.17) is 5.73 Å². The number of aromatic nitrogens is 2. The molecule has 0 amide bonds. The highest BCUT2D eigenvalue weighted by Crippen LogP contribution is 2.26. The molecule has 2 aromatic rings. The molecule has 1 aromatic heterocycles. The van der Waals surface area contributed by atoms with Gasteiger partial charge < -0.3 is 10.6 Å². The van der Waals surface area contributed by atoms with E-state index in [0.29, 0.717) is 11.9 Å². The molecule has 130 valence electrons. The van der Waals surface area contributed by atoms with E-state index in [1.807, 2.05) is 31.0 Å². The van der Waals surface area contributed by atoms with Gasteiger partial charge in [-0.25, -0.2) is 13.4 Å². The lowest BCUT2D eigenvalue weighted by Gasteiger charge is -2.17. The molecule has 0 atom stereocenters. The minimum Gasteiger partial charge on any atom is -0.382 e. The van der Waals surface area contributed by atoms with Gasteiger partial charge in [0.05, 0.1) is 11.1 Å². The summed E-state index contributed by atoms with van der Waals surface area (Å²) in [6, 6.07) is 6.83. The van der Waals surface area contributed by atoms with Crippen LogP contribution in [0.2, 0.25) is 0 Å². The molecular formula is C17H24N4O2S. The van der Waals surface area contributed by atoms with Crippen molar-refractivity contribution in [2.75, 3.05) is 24.2 Å². The van der Waals surface area contributed by atoms with Crippen LogP contribution in [0.5, 0.6) is 0 Å². The van der Waals surface area contributed by atoms with Crippen LogP contribution in [0, 0.1) is 0 Å². The quantitative estimate of drug-likeness (QED) is 0.863. The number of nitrogens with two attached hydrogens (primary N) is 1. The minimum atomic E-state index is -3.74. The molecule has 0 unspecified atom stereocenters. The smallest absolute Gasteiger partial charge is 0.227 e. The number of hydrogen-bond donors (Lipinski definition) is 1. The van der Waals surface area contributed by atoms with Crippen molar-refractivity contribution in [2.45, 2.75) is 42.9 Å². The third-order valence-electron chi connectivity index (χ3n) is 3.82. The maximum absolute atomic E-state index is 12.8. The molecule has 24 heavy (non-hydrogen) atoms. The fourth-order valence-corrected chi connectivity index (χ4v) is 3.62. The van der Waals surface area contributed by atoms with Crippen molar-refractivity contribution in [3.05, 3.63) is 36.0 Å². The van der Waals surface area contributed by atoms with Crippen LogP contribution in [0.3, 0.4) is 0 Å². The monoisotopic (exact) mass is 348 g/mol. The van der Waals surface area contributed by atoms with Gasteiger partial charge in [-0.15, -0.1) is 0 Å². The number of nitrogen functional groups attached to an aromatic ring is 1. The molecule has 0 aliphatic heterocycles. The molecular weight excluding hydrogens is 324 g/mol. The van der Waals surface area contributed by atoms with Gasteiger partial charge in [0.15, 0.2) is 0 Å². The minimum absolute atomic E-state index is 0.0316. The van der Waals surface area contributed by atoms with E-state index < -0.39 is 9.84 Å². The summed E-state index contributed by atoms with van der Waals surface area (Å²) in [5, 5.41) is 0. The van der Waals surface area contributed by atoms with Crippen molar-refractivity contribution in [1.29, 1.82) is 0 Å². The Morgan fingerprint density at radius 1 is 1.21 bits per heavy atom. The molecule has 1 aromatic carbocycles. The Morgan fingerprint density at radius 3 is 2.33 bits per heavy atom. The first-order valence-electron chi connectivity index (χ1n) is 7.96. The molecule has 6 nitrogen and oxygen atoms in total. The Kier molecular flexibility index (Phi) is 5.43. The maximum Gasteiger partial charge on any atom is 0.227 e. The molecule has 0 aliphatic carbocycles. The molecule has 0 fully saturated rings. The predicted octanol–water partition coefficient (Wildman–Crippen LogP) is 2.86. The summed E-state index contributed by atoms with van der Waals surface area (Å²) in [4.78, 5) is 10.3. The second-order valence-electron chi connectivity index (χ2n) is 6.07. The number of anilines is 2. The normalized spacial score (nSPS) is 11.7. The van der Waals surface area contributed by atoms with Crippen LogP contribution in [-0.4, -0.2) is 32.0 Å². The maximum atomic E-state index is 12.8. The molecule has 0 saturated heterocycles. The van der Waals surface area contributed by atoms with Crippen molar-refractivity contribution < 1.29 is 8.42 Å². The van der Waals surface area contributed by atoms with Gasteiger partial charge in [0, 0.05) is 13.6 Å². The Labute approximate surface area is 143 Å². The summed E-state index contributed by atoms with van der Waals surface area (Å²) >= 11 is 0. The molecule has 0 spiro atoms. The van der Waals surface area contributed by atoms with Crippen LogP contribution in [0.1, 0.15) is 38.7 Å². The van der Waals surface area contributed by atoms with Crippen LogP contribution in [0.4, 0.5) is 11.8 Å². The van der Waals surface area contributed by atoms with E-state index in [2.05, 4.69) is 23.8 Å². The average Bonchev–Trinajstić information content (AvgIpc) is 2.54. The first-order valence-corrected chi connectivity index (χ1v) is 9.44. The average molecular weight is 348 g/mol. The topological polar surface area (TPSA) is 89.2 Å². The zero-order valence-electron chi connectivity index (χ0n) is 14.5. The Bertz CT molecular complexity index is 802. The molecule has 0 radical (unpaired) electrons. The molecule has 0 saturated carbocycles. The lowest BCUT2D eigenvalue weighted by atomic mass is 10.0. The van der Waals surface area contributed by atoms with Gasteiger partial charge in [0.2, 0.25) is 15.8 Å². The Hall–Kier alpha value is -2.15.